The highest BCUT2D eigenvalue weighted by Gasteiger charge is 2.30. The fourth-order valence-corrected chi connectivity index (χ4v) is 4.98. The molecule has 1 aliphatic rings. The largest absolute Gasteiger partial charge is 0.298 e. The van der Waals surface area contributed by atoms with Gasteiger partial charge in [-0.05, 0) is 51.1 Å². The molecule has 1 fully saturated rings. The first kappa shape index (κ1) is 16.2. The molecule has 0 aliphatic carbocycles. The first-order valence-electron chi connectivity index (χ1n) is 7.87. The average Bonchev–Trinajstić information content (AvgIpc) is 3.01. The number of sulfone groups is 1. The number of rotatable bonds is 4. The molecule has 2 heterocycles. The van der Waals surface area contributed by atoms with Crippen molar-refractivity contribution < 1.29 is 8.42 Å². The molecule has 6 heteroatoms. The molecule has 0 amide bonds. The Morgan fingerprint density at radius 3 is 2.48 bits per heavy atom. The van der Waals surface area contributed by atoms with Crippen LogP contribution in [0.3, 0.4) is 0 Å². The van der Waals surface area contributed by atoms with Crippen molar-refractivity contribution in [3.8, 4) is 5.69 Å². The minimum atomic E-state index is -2.83. The first-order valence-corrected chi connectivity index (χ1v) is 9.69. The molecular weight excluding hydrogens is 310 g/mol. The Balaban J connectivity index is 1.69. The second-order valence-corrected chi connectivity index (χ2v) is 8.71. The summed E-state index contributed by atoms with van der Waals surface area (Å²) in [6.45, 7) is 4.79. The van der Waals surface area contributed by atoms with Crippen molar-refractivity contribution in [3.05, 3.63) is 47.3 Å². The van der Waals surface area contributed by atoms with Crippen LogP contribution < -0.4 is 0 Å². The summed E-state index contributed by atoms with van der Waals surface area (Å²) in [5, 5.41) is 4.49. The first-order chi connectivity index (χ1) is 10.8. The summed E-state index contributed by atoms with van der Waals surface area (Å²) in [5.41, 5.74) is 4.35. The standard InChI is InChI=1S/C17H23N3O2S/c1-13-10-14(2)20(18-13)16-6-4-15(5-7-16)11-19(3)17-8-9-23(21,22)12-17/h4-7,10,17H,8-9,11-12H2,1-3H3/t17-/m1/s1. The van der Waals surface area contributed by atoms with E-state index in [2.05, 4.69) is 40.3 Å². The van der Waals surface area contributed by atoms with Crippen molar-refractivity contribution >= 4 is 9.84 Å². The molecule has 0 unspecified atom stereocenters. The van der Waals surface area contributed by atoms with Crippen molar-refractivity contribution in [2.24, 2.45) is 0 Å². The van der Waals surface area contributed by atoms with Crippen LogP contribution in [-0.4, -0.2) is 47.7 Å². The second kappa shape index (κ2) is 6.09. The van der Waals surface area contributed by atoms with Gasteiger partial charge in [0.15, 0.2) is 9.84 Å². The van der Waals surface area contributed by atoms with E-state index < -0.39 is 9.84 Å². The van der Waals surface area contributed by atoms with Crippen LogP contribution in [-0.2, 0) is 16.4 Å². The highest BCUT2D eigenvalue weighted by molar-refractivity contribution is 7.91. The molecular formula is C17H23N3O2S. The molecule has 23 heavy (non-hydrogen) atoms. The average molecular weight is 333 g/mol. The molecule has 0 saturated carbocycles. The third-order valence-corrected chi connectivity index (χ3v) is 6.20. The third-order valence-electron chi connectivity index (χ3n) is 4.45. The minimum absolute atomic E-state index is 0.135. The van der Waals surface area contributed by atoms with Gasteiger partial charge in [-0.25, -0.2) is 13.1 Å². The summed E-state index contributed by atoms with van der Waals surface area (Å²) in [6.07, 6.45) is 0.739. The van der Waals surface area contributed by atoms with Crippen LogP contribution in [0.1, 0.15) is 23.4 Å². The van der Waals surface area contributed by atoms with Crippen molar-refractivity contribution in [1.29, 1.82) is 0 Å². The number of aryl methyl sites for hydroxylation is 2. The molecule has 1 aromatic carbocycles. The van der Waals surface area contributed by atoms with Gasteiger partial charge in [0.05, 0.1) is 22.9 Å². The maximum atomic E-state index is 11.6. The van der Waals surface area contributed by atoms with E-state index in [1.165, 1.54) is 5.56 Å². The van der Waals surface area contributed by atoms with Gasteiger partial charge in [0, 0.05) is 18.3 Å². The highest BCUT2D eigenvalue weighted by Crippen LogP contribution is 2.19. The lowest BCUT2D eigenvalue weighted by Gasteiger charge is -2.23. The van der Waals surface area contributed by atoms with E-state index in [9.17, 15) is 8.42 Å². The van der Waals surface area contributed by atoms with E-state index in [-0.39, 0.29) is 11.8 Å². The van der Waals surface area contributed by atoms with Gasteiger partial charge in [-0.1, -0.05) is 12.1 Å². The van der Waals surface area contributed by atoms with Crippen LogP contribution in [0.15, 0.2) is 30.3 Å². The fraction of sp³-hybridized carbons (Fsp3) is 0.471. The van der Waals surface area contributed by atoms with Crippen molar-refractivity contribution in [3.63, 3.8) is 0 Å². The van der Waals surface area contributed by atoms with Gasteiger partial charge in [-0.15, -0.1) is 0 Å². The Morgan fingerprint density at radius 1 is 1.26 bits per heavy atom. The normalized spacial score (nSPS) is 20.3. The Hall–Kier alpha value is -1.66. The molecule has 3 rings (SSSR count). The molecule has 5 nitrogen and oxygen atoms in total. The predicted octanol–water partition coefficient (Wildman–Crippen LogP) is 2.11. The van der Waals surface area contributed by atoms with Crippen LogP contribution in [0.4, 0.5) is 0 Å². The van der Waals surface area contributed by atoms with Gasteiger partial charge >= 0.3 is 0 Å². The van der Waals surface area contributed by atoms with E-state index >= 15 is 0 Å². The molecule has 0 bridgehead atoms. The van der Waals surface area contributed by atoms with Crippen LogP contribution in [0.5, 0.6) is 0 Å². The third kappa shape index (κ3) is 3.64. The lowest BCUT2D eigenvalue weighted by molar-refractivity contribution is 0.254. The molecule has 1 atom stereocenters. The van der Waals surface area contributed by atoms with Crippen LogP contribution in [0.2, 0.25) is 0 Å². The quantitative estimate of drug-likeness (QED) is 0.860. The zero-order valence-electron chi connectivity index (χ0n) is 13.9. The molecule has 0 N–H and O–H groups in total. The monoisotopic (exact) mass is 333 g/mol. The number of aromatic nitrogens is 2. The maximum absolute atomic E-state index is 11.6. The van der Waals surface area contributed by atoms with Gasteiger partial charge in [-0.3, -0.25) is 4.90 Å². The van der Waals surface area contributed by atoms with E-state index in [1.807, 2.05) is 25.6 Å². The molecule has 1 aliphatic heterocycles. The zero-order chi connectivity index (χ0) is 16.6. The maximum Gasteiger partial charge on any atom is 0.151 e. The lowest BCUT2D eigenvalue weighted by atomic mass is 10.1. The van der Waals surface area contributed by atoms with Gasteiger partial charge in [0.2, 0.25) is 0 Å². The second-order valence-electron chi connectivity index (χ2n) is 6.48. The molecule has 2 aromatic rings. The van der Waals surface area contributed by atoms with Crippen molar-refractivity contribution in [2.75, 3.05) is 18.6 Å². The minimum Gasteiger partial charge on any atom is -0.298 e. The lowest BCUT2D eigenvalue weighted by Crippen LogP contribution is -2.32. The van der Waals surface area contributed by atoms with E-state index in [0.717, 1.165) is 30.0 Å². The summed E-state index contributed by atoms with van der Waals surface area (Å²) in [6, 6.07) is 10.5. The Kier molecular flexibility index (Phi) is 4.29. The van der Waals surface area contributed by atoms with Gasteiger partial charge in [0.1, 0.15) is 0 Å². The smallest absolute Gasteiger partial charge is 0.151 e. The van der Waals surface area contributed by atoms with Crippen LogP contribution >= 0.6 is 0 Å². The molecule has 1 aromatic heterocycles. The van der Waals surface area contributed by atoms with E-state index in [0.29, 0.717) is 5.75 Å². The SMILES string of the molecule is Cc1cc(C)n(-c2ccc(CN(C)[C@@H]3CCS(=O)(=O)C3)cc2)n1. The fourth-order valence-electron chi connectivity index (χ4n) is 3.17. The zero-order valence-corrected chi connectivity index (χ0v) is 14.7. The van der Waals surface area contributed by atoms with E-state index in [1.54, 1.807) is 0 Å². The van der Waals surface area contributed by atoms with Crippen molar-refractivity contribution in [2.45, 2.75) is 32.9 Å². The number of hydrogen-bond acceptors (Lipinski definition) is 4. The van der Waals surface area contributed by atoms with Gasteiger partial charge in [-0.2, -0.15) is 5.10 Å². The van der Waals surface area contributed by atoms with Crippen LogP contribution in [0.25, 0.3) is 5.69 Å². The number of benzene rings is 1. The Morgan fingerprint density at radius 2 is 1.96 bits per heavy atom. The van der Waals surface area contributed by atoms with Crippen molar-refractivity contribution in [1.82, 2.24) is 14.7 Å². The number of hydrogen-bond donors (Lipinski definition) is 0. The molecule has 0 radical (unpaired) electrons. The topological polar surface area (TPSA) is 55.2 Å². The number of nitrogens with zero attached hydrogens (tertiary/aromatic N) is 3. The van der Waals surface area contributed by atoms with Gasteiger partial charge in [0.25, 0.3) is 0 Å². The molecule has 1 saturated heterocycles. The van der Waals surface area contributed by atoms with Crippen LogP contribution in [0, 0.1) is 13.8 Å². The summed E-state index contributed by atoms with van der Waals surface area (Å²) in [5.74, 6) is 0.603. The summed E-state index contributed by atoms with van der Waals surface area (Å²) in [7, 11) is -0.831. The Labute approximate surface area is 137 Å². The highest BCUT2D eigenvalue weighted by atomic mass is 32.2. The molecule has 0 spiro atoms. The summed E-state index contributed by atoms with van der Waals surface area (Å²) in [4.78, 5) is 2.14. The van der Waals surface area contributed by atoms with E-state index in [4.69, 9.17) is 0 Å². The predicted molar refractivity (Wildman–Crippen MR) is 91.6 cm³/mol. The summed E-state index contributed by atoms with van der Waals surface area (Å²) >= 11 is 0. The van der Waals surface area contributed by atoms with Gasteiger partial charge < -0.3 is 0 Å². The molecule has 124 valence electrons. The summed E-state index contributed by atoms with van der Waals surface area (Å²) < 4.78 is 25.1. The Bertz CT molecular complexity index is 794.